The summed E-state index contributed by atoms with van der Waals surface area (Å²) in [5, 5.41) is 4.23. The molecule has 96 valence electrons. The van der Waals surface area contributed by atoms with Crippen molar-refractivity contribution in [3.63, 3.8) is 0 Å². The molecule has 0 atom stereocenters. The first-order valence-electron chi connectivity index (χ1n) is 5.91. The Kier molecular flexibility index (Phi) is 4.28. The van der Waals surface area contributed by atoms with E-state index in [2.05, 4.69) is 34.2 Å². The summed E-state index contributed by atoms with van der Waals surface area (Å²) < 4.78 is 0. The highest BCUT2D eigenvalue weighted by molar-refractivity contribution is 7.15. The van der Waals surface area contributed by atoms with E-state index in [0.29, 0.717) is 0 Å². The third kappa shape index (κ3) is 3.05. The Bertz CT molecular complexity index is 495. The van der Waals surface area contributed by atoms with Gasteiger partial charge >= 0.3 is 0 Å². The van der Waals surface area contributed by atoms with Crippen molar-refractivity contribution in [2.45, 2.75) is 20.0 Å². The minimum atomic E-state index is 0.856. The van der Waals surface area contributed by atoms with Gasteiger partial charge < -0.3 is 10.2 Å². The maximum atomic E-state index is 4.61. The summed E-state index contributed by atoms with van der Waals surface area (Å²) in [6.07, 6.45) is 3.64. The van der Waals surface area contributed by atoms with E-state index < -0.39 is 0 Å². The van der Waals surface area contributed by atoms with E-state index in [1.54, 1.807) is 11.3 Å². The van der Waals surface area contributed by atoms with Crippen molar-refractivity contribution >= 4 is 16.5 Å². The van der Waals surface area contributed by atoms with Gasteiger partial charge in [-0.05, 0) is 31.7 Å². The Hall–Kier alpha value is -1.46. The first kappa shape index (κ1) is 13.0. The van der Waals surface area contributed by atoms with E-state index in [9.17, 15) is 0 Å². The van der Waals surface area contributed by atoms with Crippen LogP contribution < -0.4 is 10.2 Å². The quantitative estimate of drug-likeness (QED) is 0.897. The Morgan fingerprint density at radius 3 is 2.72 bits per heavy atom. The largest absolute Gasteiger partial charge is 0.347 e. The fourth-order valence-corrected chi connectivity index (χ4v) is 2.76. The first-order valence-corrected chi connectivity index (χ1v) is 6.73. The smallest absolute Gasteiger partial charge is 0.185 e. The average molecular weight is 262 g/mol. The highest BCUT2D eigenvalue weighted by atomic mass is 32.1. The van der Waals surface area contributed by atoms with E-state index in [4.69, 9.17) is 0 Å². The van der Waals surface area contributed by atoms with Gasteiger partial charge in [0.15, 0.2) is 5.13 Å². The fraction of sp³-hybridized carbons (Fsp3) is 0.385. The lowest BCUT2D eigenvalue weighted by molar-refractivity contribution is 0.822. The predicted molar refractivity (Wildman–Crippen MR) is 76.0 cm³/mol. The molecule has 0 aliphatic heterocycles. The molecule has 0 fully saturated rings. The van der Waals surface area contributed by atoms with Crippen LogP contribution in [-0.4, -0.2) is 24.1 Å². The molecule has 5 heteroatoms. The van der Waals surface area contributed by atoms with Crippen molar-refractivity contribution in [2.75, 3.05) is 19.0 Å². The van der Waals surface area contributed by atoms with Crippen LogP contribution in [-0.2, 0) is 13.1 Å². The van der Waals surface area contributed by atoms with Crippen LogP contribution in [0.5, 0.6) is 0 Å². The molecule has 0 aromatic carbocycles. The molecule has 0 spiro atoms. The summed E-state index contributed by atoms with van der Waals surface area (Å²) in [6, 6.07) is 4.07. The zero-order valence-corrected chi connectivity index (χ0v) is 11.8. The van der Waals surface area contributed by atoms with Crippen LogP contribution in [0.3, 0.4) is 0 Å². The van der Waals surface area contributed by atoms with Crippen molar-refractivity contribution in [1.29, 1.82) is 0 Å². The monoisotopic (exact) mass is 262 g/mol. The molecule has 0 amide bonds. The topological polar surface area (TPSA) is 41.0 Å². The molecule has 0 unspecified atom stereocenters. The van der Waals surface area contributed by atoms with E-state index in [1.807, 2.05) is 31.6 Å². The van der Waals surface area contributed by atoms with E-state index in [1.165, 1.54) is 10.4 Å². The van der Waals surface area contributed by atoms with Gasteiger partial charge in [0, 0.05) is 37.4 Å². The average Bonchev–Trinajstić information content (AvgIpc) is 2.73. The Labute approximate surface area is 112 Å². The molecule has 0 aliphatic carbocycles. The van der Waals surface area contributed by atoms with Gasteiger partial charge in [0.25, 0.3) is 0 Å². The third-order valence-electron chi connectivity index (χ3n) is 2.71. The number of thiazole rings is 1. The summed E-state index contributed by atoms with van der Waals surface area (Å²) in [4.78, 5) is 12.1. The van der Waals surface area contributed by atoms with Gasteiger partial charge in [-0.1, -0.05) is 0 Å². The Balaban J connectivity index is 2.09. The number of aryl methyl sites for hydroxylation is 1. The minimum absolute atomic E-state index is 0.856. The molecular formula is C13H18N4S. The fourth-order valence-electron chi connectivity index (χ4n) is 1.73. The second kappa shape index (κ2) is 5.93. The molecule has 1 N–H and O–H groups in total. The molecule has 4 nitrogen and oxygen atoms in total. The number of aromatic nitrogens is 2. The molecule has 0 bridgehead atoms. The normalized spacial score (nSPS) is 10.6. The van der Waals surface area contributed by atoms with Crippen LogP contribution >= 0.6 is 11.3 Å². The standard InChI is InChI=1S/C13H18N4S/c1-10-12(8-14-2)18-13(16-10)17(3)9-11-4-6-15-7-5-11/h4-7,14H,8-9H2,1-3H3. The first-order chi connectivity index (χ1) is 8.70. The third-order valence-corrected chi connectivity index (χ3v) is 3.99. The lowest BCUT2D eigenvalue weighted by Gasteiger charge is -2.15. The minimum Gasteiger partial charge on any atom is -0.347 e. The van der Waals surface area contributed by atoms with Gasteiger partial charge in [0.2, 0.25) is 0 Å². The number of pyridine rings is 1. The lowest BCUT2D eigenvalue weighted by atomic mass is 10.2. The molecule has 0 saturated carbocycles. The van der Waals surface area contributed by atoms with Gasteiger partial charge in [0.1, 0.15) is 0 Å². The SMILES string of the molecule is CNCc1sc(N(C)Cc2ccncc2)nc1C. The van der Waals surface area contributed by atoms with Gasteiger partial charge in [0.05, 0.1) is 5.69 Å². The zero-order chi connectivity index (χ0) is 13.0. The van der Waals surface area contributed by atoms with Crippen molar-refractivity contribution in [1.82, 2.24) is 15.3 Å². The van der Waals surface area contributed by atoms with Gasteiger partial charge in [-0.25, -0.2) is 4.98 Å². The number of hydrogen-bond donors (Lipinski definition) is 1. The zero-order valence-electron chi connectivity index (χ0n) is 11.0. The summed E-state index contributed by atoms with van der Waals surface area (Å²) in [5.74, 6) is 0. The van der Waals surface area contributed by atoms with Crippen LogP contribution in [0.1, 0.15) is 16.1 Å². The molecule has 2 aromatic rings. The van der Waals surface area contributed by atoms with Gasteiger partial charge in [-0.3, -0.25) is 4.98 Å². The number of anilines is 1. The molecule has 0 radical (unpaired) electrons. The van der Waals surface area contributed by atoms with E-state index >= 15 is 0 Å². The highest BCUT2D eigenvalue weighted by Gasteiger charge is 2.10. The molecule has 0 saturated heterocycles. The second-order valence-electron chi connectivity index (χ2n) is 4.25. The van der Waals surface area contributed by atoms with Crippen molar-refractivity contribution in [3.05, 3.63) is 40.7 Å². The summed E-state index contributed by atoms with van der Waals surface area (Å²) in [5.41, 5.74) is 2.36. The summed E-state index contributed by atoms with van der Waals surface area (Å²) in [6.45, 7) is 3.80. The molecule has 2 heterocycles. The van der Waals surface area contributed by atoms with Gasteiger partial charge in [-0.2, -0.15) is 0 Å². The van der Waals surface area contributed by atoms with Crippen LogP contribution in [0.25, 0.3) is 0 Å². The molecule has 0 aliphatic rings. The maximum Gasteiger partial charge on any atom is 0.185 e. The molecule has 18 heavy (non-hydrogen) atoms. The van der Waals surface area contributed by atoms with Crippen molar-refractivity contribution in [2.24, 2.45) is 0 Å². The molecule has 2 rings (SSSR count). The number of nitrogens with zero attached hydrogens (tertiary/aromatic N) is 3. The number of rotatable bonds is 5. The van der Waals surface area contributed by atoms with Crippen LogP contribution in [0.4, 0.5) is 5.13 Å². The highest BCUT2D eigenvalue weighted by Crippen LogP contribution is 2.26. The lowest BCUT2D eigenvalue weighted by Crippen LogP contribution is -2.16. The number of nitrogens with one attached hydrogen (secondary N) is 1. The van der Waals surface area contributed by atoms with Crippen LogP contribution in [0, 0.1) is 6.92 Å². The van der Waals surface area contributed by atoms with Crippen molar-refractivity contribution < 1.29 is 0 Å². The molecule has 2 aromatic heterocycles. The van der Waals surface area contributed by atoms with Crippen LogP contribution in [0.2, 0.25) is 0 Å². The summed E-state index contributed by atoms with van der Waals surface area (Å²) >= 11 is 1.75. The van der Waals surface area contributed by atoms with E-state index in [-0.39, 0.29) is 0 Å². The maximum absolute atomic E-state index is 4.61. The Morgan fingerprint density at radius 1 is 1.33 bits per heavy atom. The van der Waals surface area contributed by atoms with E-state index in [0.717, 1.165) is 23.9 Å². The van der Waals surface area contributed by atoms with Crippen molar-refractivity contribution in [3.8, 4) is 0 Å². The van der Waals surface area contributed by atoms with Crippen LogP contribution in [0.15, 0.2) is 24.5 Å². The van der Waals surface area contributed by atoms with Gasteiger partial charge in [-0.15, -0.1) is 11.3 Å². The number of hydrogen-bond acceptors (Lipinski definition) is 5. The molecular weight excluding hydrogens is 244 g/mol. The predicted octanol–water partition coefficient (Wildman–Crippen LogP) is 2.20. The second-order valence-corrected chi connectivity index (χ2v) is 5.31. The summed E-state index contributed by atoms with van der Waals surface area (Å²) in [7, 11) is 4.03. The Morgan fingerprint density at radius 2 is 2.06 bits per heavy atom.